The van der Waals surface area contributed by atoms with Gasteiger partial charge in [-0.25, -0.2) is 4.79 Å². The van der Waals surface area contributed by atoms with E-state index in [-0.39, 0.29) is 6.03 Å². The highest BCUT2D eigenvalue weighted by Crippen LogP contribution is 2.27. The van der Waals surface area contributed by atoms with E-state index in [9.17, 15) is 9.59 Å². The van der Waals surface area contributed by atoms with Crippen LogP contribution in [0.5, 0.6) is 11.5 Å². The highest BCUT2D eigenvalue weighted by Gasteiger charge is 2.23. The van der Waals surface area contributed by atoms with E-state index in [1.54, 1.807) is 59.5 Å². The molecule has 3 aromatic rings. The van der Waals surface area contributed by atoms with Crippen molar-refractivity contribution in [2.24, 2.45) is 5.73 Å². The number of rotatable bonds is 4. The molecule has 0 spiro atoms. The number of benzene rings is 3. The third kappa shape index (κ3) is 3.93. The van der Waals surface area contributed by atoms with E-state index in [2.05, 4.69) is 11.4 Å². The molecule has 7 heteroatoms. The van der Waals surface area contributed by atoms with E-state index in [4.69, 9.17) is 15.7 Å². The van der Waals surface area contributed by atoms with E-state index in [1.807, 2.05) is 12.1 Å². The second-order valence-electron chi connectivity index (χ2n) is 6.87. The number of carbonyl (C=O) groups excluding carboxylic acids is 2. The summed E-state index contributed by atoms with van der Waals surface area (Å²) < 4.78 is 5.74. The lowest BCUT2D eigenvalue weighted by Crippen LogP contribution is -2.30. The molecule has 0 atom stereocenters. The SMILES string of the molecule is N#Cc1ccc2c(c1)CN(C(=O)Nc1ccc(Oc3ccccc3C(N)=O)cc1)C2. The van der Waals surface area contributed by atoms with Crippen molar-refractivity contribution in [3.8, 4) is 17.6 Å². The normalized spacial score (nSPS) is 12.0. The van der Waals surface area contributed by atoms with Crippen LogP contribution in [0.15, 0.2) is 66.7 Å². The van der Waals surface area contributed by atoms with Crippen molar-refractivity contribution in [2.45, 2.75) is 13.1 Å². The number of anilines is 1. The average molecular weight is 398 g/mol. The third-order valence-corrected chi connectivity index (χ3v) is 4.83. The van der Waals surface area contributed by atoms with Gasteiger partial charge in [0.25, 0.3) is 5.91 Å². The molecule has 3 aromatic carbocycles. The highest BCUT2D eigenvalue weighted by molar-refractivity contribution is 5.95. The maximum Gasteiger partial charge on any atom is 0.322 e. The van der Waals surface area contributed by atoms with Gasteiger partial charge in [0.2, 0.25) is 0 Å². The van der Waals surface area contributed by atoms with Crippen molar-refractivity contribution in [1.82, 2.24) is 4.90 Å². The van der Waals surface area contributed by atoms with Gasteiger partial charge in [0.1, 0.15) is 11.5 Å². The van der Waals surface area contributed by atoms with Gasteiger partial charge >= 0.3 is 6.03 Å². The zero-order valence-corrected chi connectivity index (χ0v) is 16.0. The second kappa shape index (κ2) is 7.97. The Bertz CT molecular complexity index is 1170. The van der Waals surface area contributed by atoms with Gasteiger partial charge in [-0.2, -0.15) is 5.26 Å². The molecule has 3 N–H and O–H groups in total. The number of hydrogen-bond acceptors (Lipinski definition) is 4. The lowest BCUT2D eigenvalue weighted by atomic mass is 10.1. The van der Waals surface area contributed by atoms with Crippen LogP contribution in [0.2, 0.25) is 0 Å². The van der Waals surface area contributed by atoms with Crippen molar-refractivity contribution in [2.75, 3.05) is 5.32 Å². The monoisotopic (exact) mass is 398 g/mol. The molecule has 7 nitrogen and oxygen atoms in total. The van der Waals surface area contributed by atoms with Crippen LogP contribution in [0.25, 0.3) is 0 Å². The fourth-order valence-corrected chi connectivity index (χ4v) is 3.30. The van der Waals surface area contributed by atoms with Crippen molar-refractivity contribution in [3.63, 3.8) is 0 Å². The van der Waals surface area contributed by atoms with E-state index < -0.39 is 5.91 Å². The second-order valence-corrected chi connectivity index (χ2v) is 6.87. The summed E-state index contributed by atoms with van der Waals surface area (Å²) in [6.45, 7) is 0.958. The minimum absolute atomic E-state index is 0.225. The summed E-state index contributed by atoms with van der Waals surface area (Å²) in [4.78, 5) is 25.8. The van der Waals surface area contributed by atoms with Crippen molar-refractivity contribution in [3.05, 3.63) is 89.0 Å². The molecule has 0 radical (unpaired) electrons. The van der Waals surface area contributed by atoms with Crippen molar-refractivity contribution < 1.29 is 14.3 Å². The number of ether oxygens (including phenoxy) is 1. The Kier molecular flexibility index (Phi) is 5.06. The molecule has 0 aromatic heterocycles. The van der Waals surface area contributed by atoms with Gasteiger partial charge in [0, 0.05) is 18.8 Å². The number of nitrogens with two attached hydrogens (primary N) is 1. The van der Waals surface area contributed by atoms with Crippen LogP contribution in [0.3, 0.4) is 0 Å². The van der Waals surface area contributed by atoms with Crippen LogP contribution in [-0.2, 0) is 13.1 Å². The van der Waals surface area contributed by atoms with Gasteiger partial charge in [-0.3, -0.25) is 4.79 Å². The molecular weight excluding hydrogens is 380 g/mol. The Morgan fingerprint density at radius 3 is 2.47 bits per heavy atom. The summed E-state index contributed by atoms with van der Waals surface area (Å²) in [5.74, 6) is 0.315. The molecule has 3 amide bonds. The van der Waals surface area contributed by atoms with Crippen LogP contribution in [0, 0.1) is 11.3 Å². The van der Waals surface area contributed by atoms with Gasteiger partial charge < -0.3 is 20.7 Å². The summed E-state index contributed by atoms with van der Waals surface area (Å²) in [5, 5.41) is 11.9. The minimum atomic E-state index is -0.567. The Balaban J connectivity index is 1.40. The fraction of sp³-hybridized carbons (Fsp3) is 0.0870. The molecule has 1 heterocycles. The molecule has 0 saturated carbocycles. The first-order valence-corrected chi connectivity index (χ1v) is 9.28. The Morgan fingerprint density at radius 2 is 1.73 bits per heavy atom. The van der Waals surface area contributed by atoms with E-state index in [0.29, 0.717) is 41.4 Å². The van der Waals surface area contributed by atoms with Crippen LogP contribution in [-0.4, -0.2) is 16.8 Å². The smallest absolute Gasteiger partial charge is 0.322 e. The summed E-state index contributed by atoms with van der Waals surface area (Å²) in [7, 11) is 0. The standard InChI is InChI=1S/C23H18N4O3/c24-12-15-5-6-16-13-27(14-17(16)11-15)23(29)26-18-7-9-19(10-8-18)30-21-4-2-1-3-20(21)22(25)28/h1-11H,13-14H2,(H2,25,28)(H,26,29). The zero-order chi connectivity index (χ0) is 21.1. The molecule has 1 aliphatic rings. The van der Waals surface area contributed by atoms with Gasteiger partial charge in [0.05, 0.1) is 17.2 Å². The quantitative estimate of drug-likeness (QED) is 0.692. The number of nitrogens with one attached hydrogen (secondary N) is 1. The number of hydrogen-bond donors (Lipinski definition) is 2. The van der Waals surface area contributed by atoms with Crippen LogP contribution >= 0.6 is 0 Å². The number of para-hydroxylation sites is 1. The predicted molar refractivity (Wildman–Crippen MR) is 111 cm³/mol. The molecule has 0 saturated heterocycles. The maximum absolute atomic E-state index is 12.6. The lowest BCUT2D eigenvalue weighted by molar-refractivity contribution is 0.0998. The van der Waals surface area contributed by atoms with Gasteiger partial charge in [-0.15, -0.1) is 0 Å². The highest BCUT2D eigenvalue weighted by atomic mass is 16.5. The first-order chi connectivity index (χ1) is 14.5. The van der Waals surface area contributed by atoms with Crippen LogP contribution < -0.4 is 15.8 Å². The Hall–Kier alpha value is -4.31. The minimum Gasteiger partial charge on any atom is -0.457 e. The molecule has 0 bridgehead atoms. The topological polar surface area (TPSA) is 108 Å². The lowest BCUT2D eigenvalue weighted by Gasteiger charge is -2.16. The maximum atomic E-state index is 12.6. The number of fused-ring (bicyclic) bond motifs is 1. The van der Waals surface area contributed by atoms with E-state index in [1.165, 1.54) is 0 Å². The number of urea groups is 1. The molecule has 1 aliphatic heterocycles. The first kappa shape index (κ1) is 19.0. The fourth-order valence-electron chi connectivity index (χ4n) is 3.30. The Labute approximate surface area is 173 Å². The molecule has 0 aliphatic carbocycles. The molecule has 0 unspecified atom stereocenters. The molecule has 4 rings (SSSR count). The molecule has 0 fully saturated rings. The van der Waals surface area contributed by atoms with Crippen LogP contribution in [0.4, 0.5) is 10.5 Å². The van der Waals surface area contributed by atoms with E-state index >= 15 is 0 Å². The third-order valence-electron chi connectivity index (χ3n) is 4.83. The van der Waals surface area contributed by atoms with Crippen molar-refractivity contribution >= 4 is 17.6 Å². The largest absolute Gasteiger partial charge is 0.457 e. The number of nitrogens with zero attached hydrogens (tertiary/aromatic N) is 2. The summed E-state index contributed by atoms with van der Waals surface area (Å²) in [6, 6.07) is 20.9. The zero-order valence-electron chi connectivity index (χ0n) is 16.0. The Morgan fingerprint density at radius 1 is 1.00 bits per heavy atom. The van der Waals surface area contributed by atoms with Gasteiger partial charge in [-0.05, 0) is 59.7 Å². The average Bonchev–Trinajstić information content (AvgIpc) is 3.19. The van der Waals surface area contributed by atoms with Crippen molar-refractivity contribution in [1.29, 1.82) is 5.26 Å². The number of nitriles is 1. The van der Waals surface area contributed by atoms with Gasteiger partial charge in [-0.1, -0.05) is 18.2 Å². The predicted octanol–water partition coefficient (Wildman–Crippen LogP) is 4.00. The summed E-state index contributed by atoms with van der Waals surface area (Å²) in [5.41, 5.74) is 8.89. The van der Waals surface area contributed by atoms with Crippen LogP contribution in [0.1, 0.15) is 27.0 Å². The number of amides is 3. The molecule has 30 heavy (non-hydrogen) atoms. The summed E-state index contributed by atoms with van der Waals surface area (Å²) >= 11 is 0. The molecular formula is C23H18N4O3. The van der Waals surface area contributed by atoms with E-state index in [0.717, 1.165) is 11.1 Å². The van der Waals surface area contributed by atoms with Gasteiger partial charge in [0.15, 0.2) is 0 Å². The number of carbonyl (C=O) groups is 2. The number of primary amides is 1. The molecule has 148 valence electrons. The summed E-state index contributed by atoms with van der Waals surface area (Å²) in [6.07, 6.45) is 0. The first-order valence-electron chi connectivity index (χ1n) is 9.28.